The monoisotopic (exact) mass is 355 g/mol. The van der Waals surface area contributed by atoms with Gasteiger partial charge >= 0.3 is 0 Å². The number of nitrogens with one attached hydrogen (secondary N) is 3. The van der Waals surface area contributed by atoms with E-state index in [1.807, 2.05) is 13.8 Å². The zero-order chi connectivity index (χ0) is 16.8. The number of carbonyl (C=O) groups excluding carboxylic acids is 2. The lowest BCUT2D eigenvalue weighted by Crippen LogP contribution is -2.37. The summed E-state index contributed by atoms with van der Waals surface area (Å²) in [7, 11) is 0. The van der Waals surface area contributed by atoms with Gasteiger partial charge in [0, 0.05) is 30.4 Å². The summed E-state index contributed by atoms with van der Waals surface area (Å²) in [4.78, 5) is 26.9. The third kappa shape index (κ3) is 5.35. The minimum Gasteiger partial charge on any atom is -0.354 e. The highest BCUT2D eigenvalue weighted by atomic mass is 35.5. The highest BCUT2D eigenvalue weighted by Crippen LogP contribution is 2.18. The molecule has 2 rings (SSSR count). The van der Waals surface area contributed by atoms with Crippen molar-refractivity contribution in [3.63, 3.8) is 0 Å². The second kappa shape index (κ2) is 9.84. The number of rotatable bonds is 6. The smallest absolute Gasteiger partial charge is 0.268 e. The normalized spacial score (nSPS) is 15.5. The van der Waals surface area contributed by atoms with Gasteiger partial charge in [-0.25, -0.2) is 0 Å². The van der Waals surface area contributed by atoms with Crippen molar-refractivity contribution < 1.29 is 9.59 Å². The summed E-state index contributed by atoms with van der Waals surface area (Å²) in [5.41, 5.74) is 2.63. The number of halogens is 1. The average Bonchev–Trinajstić information content (AvgIpc) is 2.68. The van der Waals surface area contributed by atoms with Gasteiger partial charge in [0.2, 0.25) is 0 Å². The first-order valence-electron chi connectivity index (χ1n) is 8.72. The maximum atomic E-state index is 12.3. The summed E-state index contributed by atoms with van der Waals surface area (Å²) in [5, 5.41) is 6.47. The number of carbonyl (C=O) groups is 2. The molecule has 1 aliphatic carbocycles. The third-order valence-electron chi connectivity index (χ3n) is 4.72. The number of aryl methyl sites for hydroxylation is 1. The molecule has 1 aliphatic rings. The molecular weight excluding hydrogens is 326 g/mol. The number of Topliss-reactive ketones (excluding diaryl/α,β-unsaturated/α-hetero) is 1. The number of aromatic nitrogens is 1. The van der Waals surface area contributed by atoms with Crippen LogP contribution in [0.2, 0.25) is 0 Å². The lowest BCUT2D eigenvalue weighted by Gasteiger charge is -2.16. The van der Waals surface area contributed by atoms with Crippen LogP contribution >= 0.6 is 12.4 Å². The van der Waals surface area contributed by atoms with E-state index in [-0.39, 0.29) is 24.1 Å². The van der Waals surface area contributed by atoms with E-state index >= 15 is 0 Å². The molecule has 0 saturated heterocycles. The standard InChI is InChI=1S/C18H29N3O2.ClH/c1-12-16(14(3)22)13(2)21-17(12)18(23)20-11-10-19-15-8-6-4-5-7-9-15;/h15,19,21H,4-11H2,1-3H3,(H,20,23);1H. The molecule has 136 valence electrons. The van der Waals surface area contributed by atoms with E-state index in [0.717, 1.165) is 17.8 Å². The highest BCUT2D eigenvalue weighted by molar-refractivity contribution is 6.02. The molecule has 1 heterocycles. The van der Waals surface area contributed by atoms with E-state index < -0.39 is 0 Å². The topological polar surface area (TPSA) is 74.0 Å². The van der Waals surface area contributed by atoms with Crippen molar-refractivity contribution in [3.05, 3.63) is 22.5 Å². The van der Waals surface area contributed by atoms with Crippen molar-refractivity contribution in [2.75, 3.05) is 13.1 Å². The number of H-pyrrole nitrogens is 1. The minimum atomic E-state index is -0.138. The Kier molecular flexibility index (Phi) is 8.50. The quantitative estimate of drug-likeness (QED) is 0.416. The fourth-order valence-electron chi connectivity index (χ4n) is 3.53. The summed E-state index contributed by atoms with van der Waals surface area (Å²) < 4.78 is 0. The number of amides is 1. The lowest BCUT2D eigenvalue weighted by molar-refractivity contribution is 0.0948. The molecule has 6 heteroatoms. The molecule has 0 spiro atoms. The Morgan fingerprint density at radius 2 is 1.71 bits per heavy atom. The third-order valence-corrected chi connectivity index (χ3v) is 4.72. The van der Waals surface area contributed by atoms with Crippen molar-refractivity contribution in [1.82, 2.24) is 15.6 Å². The van der Waals surface area contributed by atoms with Gasteiger partial charge in [-0.05, 0) is 39.2 Å². The molecule has 0 bridgehead atoms. The molecule has 1 fully saturated rings. The minimum absolute atomic E-state index is 0. The van der Waals surface area contributed by atoms with E-state index in [2.05, 4.69) is 15.6 Å². The molecule has 0 unspecified atom stereocenters. The van der Waals surface area contributed by atoms with Crippen molar-refractivity contribution in [3.8, 4) is 0 Å². The number of ketones is 1. The van der Waals surface area contributed by atoms with E-state index in [1.54, 1.807) is 0 Å². The average molecular weight is 356 g/mol. The second-order valence-corrected chi connectivity index (χ2v) is 6.58. The van der Waals surface area contributed by atoms with E-state index in [4.69, 9.17) is 0 Å². The first kappa shape index (κ1) is 20.7. The van der Waals surface area contributed by atoms with E-state index in [9.17, 15) is 9.59 Å². The van der Waals surface area contributed by atoms with Crippen LogP contribution in [0, 0.1) is 13.8 Å². The van der Waals surface area contributed by atoms with E-state index in [1.165, 1.54) is 45.4 Å². The van der Waals surface area contributed by atoms with Crippen molar-refractivity contribution in [2.24, 2.45) is 0 Å². The molecule has 0 atom stereocenters. The molecular formula is C18H30ClN3O2. The lowest BCUT2D eigenvalue weighted by atomic mass is 10.1. The molecule has 1 aromatic heterocycles. The molecule has 0 aliphatic heterocycles. The fourth-order valence-corrected chi connectivity index (χ4v) is 3.53. The van der Waals surface area contributed by atoms with Crippen LogP contribution in [0.1, 0.15) is 77.6 Å². The Morgan fingerprint density at radius 3 is 2.25 bits per heavy atom. The predicted octanol–water partition coefficient (Wildman–Crippen LogP) is 3.30. The number of hydrogen-bond acceptors (Lipinski definition) is 3. The molecule has 1 amide bonds. The summed E-state index contributed by atoms with van der Waals surface area (Å²) in [6.07, 6.45) is 7.78. The van der Waals surface area contributed by atoms with Crippen LogP contribution < -0.4 is 10.6 Å². The Balaban J connectivity index is 0.00000288. The predicted molar refractivity (Wildman–Crippen MR) is 99.3 cm³/mol. The maximum absolute atomic E-state index is 12.3. The van der Waals surface area contributed by atoms with Gasteiger partial charge in [0.05, 0.1) is 0 Å². The van der Waals surface area contributed by atoms with Gasteiger partial charge < -0.3 is 15.6 Å². The zero-order valence-corrected chi connectivity index (χ0v) is 15.8. The van der Waals surface area contributed by atoms with Gasteiger partial charge in [0.15, 0.2) is 5.78 Å². The van der Waals surface area contributed by atoms with E-state index in [0.29, 0.717) is 23.8 Å². The Labute approximate surface area is 150 Å². The van der Waals surface area contributed by atoms with Crippen LogP contribution in [0.5, 0.6) is 0 Å². The van der Waals surface area contributed by atoms with Crippen LogP contribution in [0.4, 0.5) is 0 Å². The number of aromatic amines is 1. The van der Waals surface area contributed by atoms with Crippen molar-refractivity contribution in [1.29, 1.82) is 0 Å². The van der Waals surface area contributed by atoms with Gasteiger partial charge in [0.1, 0.15) is 5.69 Å². The van der Waals surface area contributed by atoms with Crippen molar-refractivity contribution in [2.45, 2.75) is 65.3 Å². The summed E-state index contributed by atoms with van der Waals surface area (Å²) >= 11 is 0. The molecule has 24 heavy (non-hydrogen) atoms. The van der Waals surface area contributed by atoms with Crippen LogP contribution in [0.15, 0.2) is 0 Å². The van der Waals surface area contributed by atoms with Crippen LogP contribution in [0.3, 0.4) is 0 Å². The van der Waals surface area contributed by atoms with Crippen LogP contribution in [-0.2, 0) is 0 Å². The first-order chi connectivity index (χ1) is 11.0. The van der Waals surface area contributed by atoms with Crippen LogP contribution in [0.25, 0.3) is 0 Å². The van der Waals surface area contributed by atoms with Gasteiger partial charge in [-0.15, -0.1) is 12.4 Å². The molecule has 3 N–H and O–H groups in total. The van der Waals surface area contributed by atoms with Gasteiger partial charge in [-0.3, -0.25) is 9.59 Å². The fraction of sp³-hybridized carbons (Fsp3) is 0.667. The first-order valence-corrected chi connectivity index (χ1v) is 8.72. The summed E-state index contributed by atoms with van der Waals surface area (Å²) in [6.45, 7) is 6.56. The molecule has 0 radical (unpaired) electrons. The van der Waals surface area contributed by atoms with Crippen molar-refractivity contribution >= 4 is 24.1 Å². The Morgan fingerprint density at radius 1 is 1.08 bits per heavy atom. The maximum Gasteiger partial charge on any atom is 0.268 e. The SMILES string of the molecule is CC(=O)c1c(C)[nH]c(C(=O)NCCNC2CCCCCC2)c1C.Cl. The molecule has 1 saturated carbocycles. The molecule has 5 nitrogen and oxygen atoms in total. The van der Waals surface area contributed by atoms with Gasteiger partial charge in [0.25, 0.3) is 5.91 Å². The Bertz CT molecular complexity index is 561. The largest absolute Gasteiger partial charge is 0.354 e. The van der Waals surface area contributed by atoms with Crippen LogP contribution in [-0.4, -0.2) is 35.8 Å². The zero-order valence-electron chi connectivity index (χ0n) is 15.0. The molecule has 1 aromatic rings. The highest BCUT2D eigenvalue weighted by Gasteiger charge is 2.19. The van der Waals surface area contributed by atoms with Gasteiger partial charge in [-0.1, -0.05) is 25.7 Å². The molecule has 0 aromatic carbocycles. The summed E-state index contributed by atoms with van der Waals surface area (Å²) in [5.74, 6) is -0.147. The summed E-state index contributed by atoms with van der Waals surface area (Å²) in [6, 6.07) is 0.591. The second-order valence-electron chi connectivity index (χ2n) is 6.58. The number of hydrogen-bond donors (Lipinski definition) is 3. The Hall–Kier alpha value is -1.33. The van der Waals surface area contributed by atoms with Gasteiger partial charge in [-0.2, -0.15) is 0 Å².